The minimum atomic E-state index is -3.92. The monoisotopic (exact) mass is 327 g/mol. The van der Waals surface area contributed by atoms with Crippen LogP contribution in [-0.4, -0.2) is 33.3 Å². The maximum Gasteiger partial charge on any atom is 0.323 e. The van der Waals surface area contributed by atoms with E-state index in [1.165, 1.54) is 38.3 Å². The third-order valence-electron chi connectivity index (χ3n) is 3.04. The van der Waals surface area contributed by atoms with Gasteiger partial charge in [0, 0.05) is 5.56 Å². The molecule has 0 aromatic heterocycles. The molecule has 0 amide bonds. The van der Waals surface area contributed by atoms with E-state index >= 15 is 0 Å². The van der Waals surface area contributed by atoms with Crippen molar-refractivity contribution in [1.82, 2.24) is 4.72 Å². The van der Waals surface area contributed by atoms with Gasteiger partial charge < -0.3 is 4.74 Å². The molecular weight excluding hydrogens is 306 g/mol. The number of methoxy groups -OCH3 is 1. The lowest BCUT2D eigenvalue weighted by Crippen LogP contribution is -2.42. The smallest absolute Gasteiger partial charge is 0.323 e. The number of hydrogen-bond donors (Lipinski definition) is 1. The predicted molar refractivity (Wildman–Crippen MR) is 82.0 cm³/mol. The first-order chi connectivity index (χ1) is 10.2. The molecule has 0 spiro atoms. The zero-order chi connectivity index (χ0) is 16.9. The molecule has 0 aliphatic rings. The molecule has 1 rings (SSSR count). The van der Waals surface area contributed by atoms with Gasteiger partial charge in [-0.1, -0.05) is 26.0 Å². The Labute approximate surface area is 130 Å². The van der Waals surface area contributed by atoms with Crippen molar-refractivity contribution in [2.45, 2.75) is 38.1 Å². The Morgan fingerprint density at radius 2 is 1.91 bits per heavy atom. The molecule has 0 aliphatic heterocycles. The summed E-state index contributed by atoms with van der Waals surface area (Å²) in [4.78, 5) is 23.0. The molecule has 0 fully saturated rings. The molecule has 0 aliphatic carbocycles. The number of sulfonamides is 1. The van der Waals surface area contributed by atoms with Crippen LogP contribution in [0.15, 0.2) is 29.2 Å². The van der Waals surface area contributed by atoms with E-state index in [1.807, 2.05) is 13.8 Å². The van der Waals surface area contributed by atoms with Gasteiger partial charge in [0.05, 0.1) is 12.0 Å². The van der Waals surface area contributed by atoms with Crippen LogP contribution in [0.2, 0.25) is 0 Å². The normalized spacial score (nSPS) is 13.0. The number of ketones is 1. The fraction of sp³-hybridized carbons (Fsp3) is 0.467. The first kappa shape index (κ1) is 18.3. The van der Waals surface area contributed by atoms with E-state index in [-0.39, 0.29) is 16.6 Å². The molecule has 0 bridgehead atoms. The summed E-state index contributed by atoms with van der Waals surface area (Å²) in [6, 6.07) is 4.72. The SMILES string of the molecule is COC(=O)[C@H](CC(C)C)NS(=O)(=O)c1cccc(C(C)=O)c1. The van der Waals surface area contributed by atoms with Crippen molar-refractivity contribution >= 4 is 21.8 Å². The highest BCUT2D eigenvalue weighted by molar-refractivity contribution is 7.89. The Bertz CT molecular complexity index is 652. The van der Waals surface area contributed by atoms with Gasteiger partial charge in [0.2, 0.25) is 10.0 Å². The second-order valence-electron chi connectivity index (χ2n) is 5.41. The van der Waals surface area contributed by atoms with Crippen LogP contribution >= 0.6 is 0 Å². The van der Waals surface area contributed by atoms with E-state index in [0.29, 0.717) is 12.0 Å². The maximum atomic E-state index is 12.4. The second kappa shape index (κ2) is 7.51. The fourth-order valence-electron chi connectivity index (χ4n) is 1.94. The number of carbonyl (C=O) groups excluding carboxylic acids is 2. The molecule has 1 aromatic carbocycles. The van der Waals surface area contributed by atoms with Crippen LogP contribution in [-0.2, 0) is 19.6 Å². The highest BCUT2D eigenvalue weighted by Gasteiger charge is 2.27. The van der Waals surface area contributed by atoms with Crippen LogP contribution in [0.3, 0.4) is 0 Å². The van der Waals surface area contributed by atoms with E-state index in [0.717, 1.165) is 0 Å². The van der Waals surface area contributed by atoms with Crippen molar-refractivity contribution in [3.05, 3.63) is 29.8 Å². The van der Waals surface area contributed by atoms with Gasteiger partial charge in [-0.05, 0) is 31.4 Å². The van der Waals surface area contributed by atoms with Gasteiger partial charge in [-0.2, -0.15) is 4.72 Å². The van der Waals surface area contributed by atoms with Crippen LogP contribution < -0.4 is 4.72 Å². The fourth-order valence-corrected chi connectivity index (χ4v) is 3.19. The number of esters is 1. The number of nitrogens with one attached hydrogen (secondary N) is 1. The van der Waals surface area contributed by atoms with E-state index in [1.54, 1.807) is 0 Å². The third-order valence-corrected chi connectivity index (χ3v) is 4.51. The van der Waals surface area contributed by atoms with Crippen molar-refractivity contribution in [1.29, 1.82) is 0 Å². The minimum absolute atomic E-state index is 0.0575. The zero-order valence-electron chi connectivity index (χ0n) is 13.1. The molecule has 0 radical (unpaired) electrons. The van der Waals surface area contributed by atoms with Crippen molar-refractivity contribution < 1.29 is 22.7 Å². The molecule has 1 N–H and O–H groups in total. The number of Topliss-reactive ketones (excluding diaryl/α,β-unsaturated/α-hetero) is 1. The van der Waals surface area contributed by atoms with Gasteiger partial charge in [-0.15, -0.1) is 0 Å². The number of carbonyl (C=O) groups is 2. The van der Waals surface area contributed by atoms with E-state index in [4.69, 9.17) is 0 Å². The van der Waals surface area contributed by atoms with Crippen LogP contribution in [0, 0.1) is 5.92 Å². The summed E-state index contributed by atoms with van der Waals surface area (Å²) < 4.78 is 31.8. The first-order valence-electron chi connectivity index (χ1n) is 6.88. The lowest BCUT2D eigenvalue weighted by molar-refractivity contribution is -0.143. The van der Waals surface area contributed by atoms with Gasteiger partial charge in [0.25, 0.3) is 0 Å². The Morgan fingerprint density at radius 3 is 2.41 bits per heavy atom. The van der Waals surface area contributed by atoms with Crippen molar-refractivity contribution in [2.75, 3.05) is 7.11 Å². The topological polar surface area (TPSA) is 89.5 Å². The van der Waals surface area contributed by atoms with Crippen molar-refractivity contribution in [3.63, 3.8) is 0 Å². The number of benzene rings is 1. The summed E-state index contributed by atoms with van der Waals surface area (Å²) in [6.45, 7) is 5.11. The molecule has 6 nitrogen and oxygen atoms in total. The van der Waals surface area contributed by atoms with Crippen LogP contribution in [0.4, 0.5) is 0 Å². The number of hydrogen-bond acceptors (Lipinski definition) is 5. The molecular formula is C15H21NO5S. The second-order valence-corrected chi connectivity index (χ2v) is 7.12. The lowest BCUT2D eigenvalue weighted by Gasteiger charge is -2.18. The quantitative estimate of drug-likeness (QED) is 0.609. The van der Waals surface area contributed by atoms with Crippen LogP contribution in [0.1, 0.15) is 37.6 Å². The summed E-state index contributed by atoms with van der Waals surface area (Å²) in [7, 11) is -2.71. The van der Waals surface area contributed by atoms with Gasteiger partial charge in [-0.3, -0.25) is 9.59 Å². The van der Waals surface area contributed by atoms with Crippen LogP contribution in [0.5, 0.6) is 0 Å². The lowest BCUT2D eigenvalue weighted by atomic mass is 10.1. The molecule has 0 saturated heterocycles. The highest BCUT2D eigenvalue weighted by Crippen LogP contribution is 2.15. The molecule has 1 atom stereocenters. The number of rotatable bonds is 7. The summed E-state index contributed by atoms with van der Waals surface area (Å²) >= 11 is 0. The number of ether oxygens (including phenoxy) is 1. The molecule has 7 heteroatoms. The first-order valence-corrected chi connectivity index (χ1v) is 8.37. The van der Waals surface area contributed by atoms with Gasteiger partial charge in [-0.25, -0.2) is 8.42 Å². The minimum Gasteiger partial charge on any atom is -0.468 e. The standard InChI is InChI=1S/C15H21NO5S/c1-10(2)8-14(15(18)21-4)16-22(19,20)13-7-5-6-12(9-13)11(3)17/h5-7,9-10,14,16H,8H2,1-4H3/t14-/m0/s1. The average Bonchev–Trinajstić information content (AvgIpc) is 2.45. The summed E-state index contributed by atoms with van der Waals surface area (Å²) in [6.07, 6.45) is 0.318. The average molecular weight is 327 g/mol. The third kappa shape index (κ3) is 4.92. The Balaban J connectivity index is 3.09. The summed E-state index contributed by atoms with van der Waals surface area (Å²) in [5.41, 5.74) is 0.293. The van der Waals surface area contributed by atoms with E-state index in [9.17, 15) is 18.0 Å². The molecule has 122 valence electrons. The largest absolute Gasteiger partial charge is 0.468 e. The Kier molecular flexibility index (Phi) is 6.25. The maximum absolute atomic E-state index is 12.4. The molecule has 0 heterocycles. The highest BCUT2D eigenvalue weighted by atomic mass is 32.2. The van der Waals surface area contributed by atoms with E-state index < -0.39 is 22.0 Å². The molecule has 0 saturated carbocycles. The predicted octanol–water partition coefficient (Wildman–Crippen LogP) is 1.76. The summed E-state index contributed by atoms with van der Waals surface area (Å²) in [5.74, 6) is -0.765. The molecule has 22 heavy (non-hydrogen) atoms. The van der Waals surface area contributed by atoms with E-state index in [2.05, 4.69) is 9.46 Å². The van der Waals surface area contributed by atoms with Crippen LogP contribution in [0.25, 0.3) is 0 Å². The Hall–Kier alpha value is -1.73. The molecule has 0 unspecified atom stereocenters. The van der Waals surface area contributed by atoms with Gasteiger partial charge in [0.1, 0.15) is 6.04 Å². The Morgan fingerprint density at radius 1 is 1.27 bits per heavy atom. The van der Waals surface area contributed by atoms with Crippen molar-refractivity contribution in [3.8, 4) is 0 Å². The molecule has 1 aromatic rings. The summed E-state index contributed by atoms with van der Waals surface area (Å²) in [5, 5.41) is 0. The van der Waals surface area contributed by atoms with Crippen molar-refractivity contribution in [2.24, 2.45) is 5.92 Å². The van der Waals surface area contributed by atoms with Gasteiger partial charge >= 0.3 is 5.97 Å². The van der Waals surface area contributed by atoms with Gasteiger partial charge in [0.15, 0.2) is 5.78 Å². The zero-order valence-corrected chi connectivity index (χ0v) is 13.9.